The number of nitrogens with zero attached hydrogens (tertiary/aromatic N) is 4. The summed E-state index contributed by atoms with van der Waals surface area (Å²) in [4.78, 5) is 10.9. The Kier molecular flexibility index (Phi) is 3.64. The van der Waals surface area contributed by atoms with Gasteiger partial charge in [0, 0.05) is 6.07 Å². The Bertz CT molecular complexity index is 601. The van der Waals surface area contributed by atoms with Crippen LogP contribution >= 0.6 is 0 Å². The molecule has 7 nitrogen and oxygen atoms in total. The van der Waals surface area contributed by atoms with Crippen LogP contribution in [0.2, 0.25) is 0 Å². The van der Waals surface area contributed by atoms with Gasteiger partial charge in [0.2, 0.25) is 0 Å². The predicted octanol–water partition coefficient (Wildman–Crippen LogP) is 0.796. The second-order valence-electron chi connectivity index (χ2n) is 3.45. The van der Waals surface area contributed by atoms with Crippen LogP contribution in [-0.4, -0.2) is 33.4 Å². The number of amides is 1. The molecule has 0 atom stereocenters. The van der Waals surface area contributed by atoms with Crippen LogP contribution in [0.3, 0.4) is 0 Å². The number of tetrazole rings is 1. The van der Waals surface area contributed by atoms with Crippen molar-refractivity contribution in [3.05, 3.63) is 35.7 Å². The van der Waals surface area contributed by atoms with E-state index in [0.717, 1.165) is 12.1 Å². The van der Waals surface area contributed by atoms with E-state index in [1.54, 1.807) is 0 Å². The number of nitrogens with one attached hydrogen (secondary N) is 1. The number of carbonyl (C=O) groups excluding carboxylic acids is 1. The average Bonchev–Trinajstić information content (AvgIpc) is 2.87. The number of ether oxygens (including phenoxy) is 1. The molecule has 0 bridgehead atoms. The molecule has 19 heavy (non-hydrogen) atoms. The quantitative estimate of drug-likeness (QED) is 0.891. The van der Waals surface area contributed by atoms with Crippen LogP contribution in [0.15, 0.2) is 18.2 Å². The average molecular weight is 269 g/mol. The van der Waals surface area contributed by atoms with Gasteiger partial charge in [-0.05, 0) is 22.6 Å². The van der Waals surface area contributed by atoms with E-state index in [-0.39, 0.29) is 18.1 Å². The van der Waals surface area contributed by atoms with E-state index in [1.165, 1.54) is 17.9 Å². The van der Waals surface area contributed by atoms with Crippen LogP contribution in [0.1, 0.15) is 5.82 Å². The maximum atomic E-state index is 13.1. The zero-order valence-electron chi connectivity index (χ0n) is 9.80. The van der Waals surface area contributed by atoms with Crippen molar-refractivity contribution in [2.45, 2.75) is 6.54 Å². The van der Waals surface area contributed by atoms with Crippen LogP contribution in [0.5, 0.6) is 0 Å². The second-order valence-corrected chi connectivity index (χ2v) is 3.45. The summed E-state index contributed by atoms with van der Waals surface area (Å²) in [6, 6.07) is 3.23. The van der Waals surface area contributed by atoms with Crippen LogP contribution in [0.25, 0.3) is 5.69 Å². The zero-order valence-corrected chi connectivity index (χ0v) is 9.80. The van der Waals surface area contributed by atoms with Gasteiger partial charge in [0.25, 0.3) is 0 Å². The second kappa shape index (κ2) is 5.38. The third-order valence-electron chi connectivity index (χ3n) is 2.26. The number of carbonyl (C=O) groups is 1. The van der Waals surface area contributed by atoms with Crippen molar-refractivity contribution in [1.29, 1.82) is 0 Å². The van der Waals surface area contributed by atoms with Crippen molar-refractivity contribution < 1.29 is 18.3 Å². The minimum absolute atomic E-state index is 0.0152. The summed E-state index contributed by atoms with van der Waals surface area (Å²) < 4.78 is 31.5. The molecule has 1 heterocycles. The number of methoxy groups -OCH3 is 1. The smallest absolute Gasteiger partial charge is 0.407 e. The highest BCUT2D eigenvalue weighted by Crippen LogP contribution is 2.12. The molecule has 0 saturated carbocycles. The molecule has 100 valence electrons. The molecule has 2 rings (SSSR count). The van der Waals surface area contributed by atoms with Gasteiger partial charge in [-0.2, -0.15) is 4.68 Å². The SMILES string of the molecule is COC(=O)NCc1nnnn1-c1ccc(F)c(F)c1. The fraction of sp³-hybridized carbons (Fsp3) is 0.200. The van der Waals surface area contributed by atoms with Gasteiger partial charge >= 0.3 is 6.09 Å². The van der Waals surface area contributed by atoms with Crippen molar-refractivity contribution in [2.75, 3.05) is 7.11 Å². The summed E-state index contributed by atoms with van der Waals surface area (Å²) in [5, 5.41) is 13.1. The van der Waals surface area contributed by atoms with Crippen LogP contribution in [0, 0.1) is 11.6 Å². The summed E-state index contributed by atoms with van der Waals surface area (Å²) >= 11 is 0. The van der Waals surface area contributed by atoms with Gasteiger partial charge in [-0.1, -0.05) is 0 Å². The van der Waals surface area contributed by atoms with E-state index in [0.29, 0.717) is 0 Å². The number of hydrogen-bond donors (Lipinski definition) is 1. The fourth-order valence-corrected chi connectivity index (χ4v) is 1.36. The van der Waals surface area contributed by atoms with E-state index < -0.39 is 17.7 Å². The van der Waals surface area contributed by atoms with Gasteiger partial charge in [0.15, 0.2) is 17.5 Å². The number of halogens is 2. The minimum atomic E-state index is -1.01. The van der Waals surface area contributed by atoms with Crippen molar-refractivity contribution in [3.8, 4) is 5.69 Å². The molecule has 2 aromatic rings. The number of aromatic nitrogens is 4. The van der Waals surface area contributed by atoms with Gasteiger partial charge in [0.05, 0.1) is 19.3 Å². The molecule has 1 aromatic carbocycles. The monoisotopic (exact) mass is 269 g/mol. The first-order chi connectivity index (χ1) is 9.11. The summed E-state index contributed by atoms with van der Waals surface area (Å²) in [6.07, 6.45) is -0.653. The van der Waals surface area contributed by atoms with Crippen LogP contribution < -0.4 is 5.32 Å². The highest BCUT2D eigenvalue weighted by atomic mass is 19.2. The molecular weight excluding hydrogens is 260 g/mol. The van der Waals surface area contributed by atoms with E-state index in [4.69, 9.17) is 0 Å². The lowest BCUT2D eigenvalue weighted by Gasteiger charge is -2.05. The predicted molar refractivity (Wildman–Crippen MR) is 58.3 cm³/mol. The first-order valence-electron chi connectivity index (χ1n) is 5.16. The van der Waals surface area contributed by atoms with E-state index in [1.807, 2.05) is 0 Å². The molecule has 0 aliphatic heterocycles. The molecule has 0 aliphatic rings. The number of alkyl carbamates (subject to hydrolysis) is 1. The first kappa shape index (κ1) is 12.9. The summed E-state index contributed by atoms with van der Waals surface area (Å²) in [5.74, 6) is -1.73. The molecule has 0 aliphatic carbocycles. The maximum absolute atomic E-state index is 13.1. The molecule has 1 aromatic heterocycles. The third kappa shape index (κ3) is 2.81. The summed E-state index contributed by atoms with van der Waals surface area (Å²) in [6.45, 7) is -0.0152. The Balaban J connectivity index is 2.23. The minimum Gasteiger partial charge on any atom is -0.453 e. The van der Waals surface area contributed by atoms with Gasteiger partial charge in [-0.25, -0.2) is 13.6 Å². The van der Waals surface area contributed by atoms with E-state index in [2.05, 4.69) is 25.6 Å². The van der Waals surface area contributed by atoms with Crippen molar-refractivity contribution in [1.82, 2.24) is 25.5 Å². The molecule has 0 radical (unpaired) electrons. The molecular formula is C10H9F2N5O2. The molecule has 0 spiro atoms. The largest absolute Gasteiger partial charge is 0.453 e. The van der Waals surface area contributed by atoms with E-state index >= 15 is 0 Å². The number of rotatable bonds is 3. The number of benzene rings is 1. The van der Waals surface area contributed by atoms with Crippen molar-refractivity contribution in [2.24, 2.45) is 0 Å². The van der Waals surface area contributed by atoms with E-state index in [9.17, 15) is 13.6 Å². The standard InChI is InChI=1S/C10H9F2N5O2/c1-19-10(18)13-5-9-14-15-16-17(9)6-2-3-7(11)8(12)4-6/h2-4H,5H2,1H3,(H,13,18). The van der Waals surface area contributed by atoms with Crippen molar-refractivity contribution in [3.63, 3.8) is 0 Å². The van der Waals surface area contributed by atoms with Gasteiger partial charge < -0.3 is 10.1 Å². The molecule has 0 fully saturated rings. The van der Waals surface area contributed by atoms with Crippen molar-refractivity contribution >= 4 is 6.09 Å². The van der Waals surface area contributed by atoms with Crippen LogP contribution in [-0.2, 0) is 11.3 Å². The zero-order chi connectivity index (χ0) is 13.8. The lowest BCUT2D eigenvalue weighted by molar-refractivity contribution is 0.170. The lowest BCUT2D eigenvalue weighted by atomic mass is 10.3. The summed E-state index contributed by atoms with van der Waals surface area (Å²) in [5.41, 5.74) is 0.241. The topological polar surface area (TPSA) is 81.9 Å². The van der Waals surface area contributed by atoms with Gasteiger partial charge in [0.1, 0.15) is 0 Å². The molecule has 0 unspecified atom stereocenters. The fourth-order valence-electron chi connectivity index (χ4n) is 1.36. The maximum Gasteiger partial charge on any atom is 0.407 e. The highest BCUT2D eigenvalue weighted by molar-refractivity contribution is 5.66. The Morgan fingerprint density at radius 1 is 1.42 bits per heavy atom. The Morgan fingerprint density at radius 2 is 2.21 bits per heavy atom. The van der Waals surface area contributed by atoms with Crippen LogP contribution in [0.4, 0.5) is 13.6 Å². The highest BCUT2D eigenvalue weighted by Gasteiger charge is 2.11. The third-order valence-corrected chi connectivity index (χ3v) is 2.26. The van der Waals surface area contributed by atoms with Gasteiger partial charge in [-0.15, -0.1) is 5.10 Å². The van der Waals surface area contributed by atoms with Gasteiger partial charge in [-0.3, -0.25) is 0 Å². The Labute approximate surface area is 106 Å². The normalized spacial score (nSPS) is 10.3. The molecule has 1 amide bonds. The molecule has 9 heteroatoms. The molecule has 0 saturated heterocycles. The number of hydrogen-bond acceptors (Lipinski definition) is 5. The molecule has 1 N–H and O–H groups in total. The summed E-state index contributed by atoms with van der Waals surface area (Å²) in [7, 11) is 1.22. The lowest BCUT2D eigenvalue weighted by Crippen LogP contribution is -2.24. The Morgan fingerprint density at radius 3 is 2.89 bits per heavy atom. The first-order valence-corrected chi connectivity index (χ1v) is 5.16. The Hall–Kier alpha value is -2.58.